The molecule has 28 heavy (non-hydrogen) atoms. The predicted molar refractivity (Wildman–Crippen MR) is 97.4 cm³/mol. The molecule has 3 unspecified atom stereocenters. The fraction of sp³-hybridized carbons (Fsp3) is 0.412. The number of amides is 2. The minimum Gasteiger partial charge on any atom is -0.447 e. The number of tetrazole rings is 1. The standard InChI is InChI=1S/C17H17N7O3S/c1-18-17(26)14-15(27-8-19-14)13-10-4-11(13)23(5-10)12(25)6-24-16(20-21-22-24)9-2-3-28-7-9/h2-3,7-8,10-11,13H,4-6H2,1H3,(H,18,26). The van der Waals surface area contributed by atoms with Gasteiger partial charge in [0, 0.05) is 36.5 Å². The number of carbonyl (C=O) groups excluding carboxylic acids is 2. The highest BCUT2D eigenvalue weighted by Gasteiger charge is 2.56. The Kier molecular flexibility index (Phi) is 3.97. The fourth-order valence-corrected chi connectivity index (χ4v) is 4.84. The number of oxazole rings is 1. The summed E-state index contributed by atoms with van der Waals surface area (Å²) in [5, 5.41) is 18.2. The molecule has 2 bridgehead atoms. The molecule has 3 aliphatic rings. The summed E-state index contributed by atoms with van der Waals surface area (Å²) in [5.74, 6) is 1.11. The number of hydrogen-bond acceptors (Lipinski definition) is 8. The Morgan fingerprint density at radius 3 is 3.11 bits per heavy atom. The van der Waals surface area contributed by atoms with Gasteiger partial charge in [-0.25, -0.2) is 9.67 Å². The summed E-state index contributed by atoms with van der Waals surface area (Å²) in [4.78, 5) is 30.9. The van der Waals surface area contributed by atoms with E-state index in [9.17, 15) is 9.59 Å². The number of aromatic nitrogens is 5. The maximum absolute atomic E-state index is 12.9. The molecular formula is C17H17N7O3S. The van der Waals surface area contributed by atoms with Gasteiger partial charge in [0.05, 0.1) is 0 Å². The topological polar surface area (TPSA) is 119 Å². The van der Waals surface area contributed by atoms with E-state index >= 15 is 0 Å². The molecule has 0 aromatic carbocycles. The largest absolute Gasteiger partial charge is 0.447 e. The van der Waals surface area contributed by atoms with Crippen LogP contribution in [-0.2, 0) is 11.3 Å². The first-order valence-electron chi connectivity index (χ1n) is 8.91. The van der Waals surface area contributed by atoms with Crippen LogP contribution in [0.25, 0.3) is 11.4 Å². The van der Waals surface area contributed by atoms with Gasteiger partial charge in [0.25, 0.3) is 5.91 Å². The number of rotatable bonds is 5. The zero-order valence-corrected chi connectivity index (χ0v) is 15.8. The molecule has 2 amide bonds. The van der Waals surface area contributed by atoms with Gasteiger partial charge in [-0.3, -0.25) is 9.59 Å². The highest BCUT2D eigenvalue weighted by molar-refractivity contribution is 7.08. The average molecular weight is 399 g/mol. The zero-order chi connectivity index (χ0) is 19.3. The number of carbonyl (C=O) groups is 2. The Morgan fingerprint density at radius 1 is 1.43 bits per heavy atom. The SMILES string of the molecule is CNC(=O)c1ncoc1C1C2CC1N(C(=O)Cn1nnnc1-c1ccsc1)C2. The second-order valence-corrected chi connectivity index (χ2v) is 7.73. The summed E-state index contributed by atoms with van der Waals surface area (Å²) >= 11 is 1.55. The van der Waals surface area contributed by atoms with Gasteiger partial charge >= 0.3 is 0 Å². The van der Waals surface area contributed by atoms with Crippen molar-refractivity contribution in [2.45, 2.75) is 24.9 Å². The third-order valence-corrected chi connectivity index (χ3v) is 6.24. The Hall–Kier alpha value is -3.08. The highest BCUT2D eigenvalue weighted by atomic mass is 32.1. The van der Waals surface area contributed by atoms with Crippen LogP contribution in [0.2, 0.25) is 0 Å². The molecule has 1 saturated carbocycles. The lowest BCUT2D eigenvalue weighted by molar-refractivity contribution is -0.132. The third kappa shape index (κ3) is 2.53. The first-order valence-corrected chi connectivity index (χ1v) is 9.85. The van der Waals surface area contributed by atoms with Crippen molar-refractivity contribution in [1.82, 2.24) is 35.4 Å². The Morgan fingerprint density at radius 2 is 2.32 bits per heavy atom. The van der Waals surface area contributed by atoms with Crippen molar-refractivity contribution in [3.05, 3.63) is 34.7 Å². The molecule has 144 valence electrons. The van der Waals surface area contributed by atoms with Gasteiger partial charge < -0.3 is 14.6 Å². The van der Waals surface area contributed by atoms with Crippen LogP contribution in [0.4, 0.5) is 0 Å². The van der Waals surface area contributed by atoms with Crippen LogP contribution in [0, 0.1) is 5.92 Å². The number of hydrogen-bond donors (Lipinski definition) is 1. The van der Waals surface area contributed by atoms with Crippen molar-refractivity contribution >= 4 is 23.2 Å². The minimum atomic E-state index is -0.276. The highest BCUT2D eigenvalue weighted by Crippen LogP contribution is 2.53. The molecule has 1 N–H and O–H groups in total. The van der Waals surface area contributed by atoms with E-state index in [0.717, 1.165) is 12.0 Å². The summed E-state index contributed by atoms with van der Waals surface area (Å²) in [6, 6.07) is 1.93. The molecule has 6 rings (SSSR count). The number of nitrogens with one attached hydrogen (secondary N) is 1. The van der Waals surface area contributed by atoms with Crippen LogP contribution in [-0.4, -0.2) is 61.5 Å². The van der Waals surface area contributed by atoms with Gasteiger partial charge in [0.15, 0.2) is 17.9 Å². The Bertz CT molecular complexity index is 1030. The Labute approximate surface area is 163 Å². The summed E-state index contributed by atoms with van der Waals surface area (Å²) in [7, 11) is 1.56. The first-order chi connectivity index (χ1) is 13.7. The molecule has 3 fully saturated rings. The Balaban J connectivity index is 1.33. The summed E-state index contributed by atoms with van der Waals surface area (Å²) in [6.45, 7) is 0.713. The molecule has 2 saturated heterocycles. The molecule has 0 spiro atoms. The lowest BCUT2D eigenvalue weighted by Crippen LogP contribution is -2.41. The van der Waals surface area contributed by atoms with E-state index in [2.05, 4.69) is 25.8 Å². The normalized spacial score (nSPS) is 22.9. The van der Waals surface area contributed by atoms with Crippen LogP contribution < -0.4 is 5.32 Å². The molecule has 11 heteroatoms. The molecule has 0 radical (unpaired) electrons. The number of fused-ring (bicyclic) bond motifs is 1. The smallest absolute Gasteiger partial charge is 0.273 e. The van der Waals surface area contributed by atoms with Crippen LogP contribution >= 0.6 is 11.3 Å². The second-order valence-electron chi connectivity index (χ2n) is 6.95. The second kappa shape index (κ2) is 6.51. The van der Waals surface area contributed by atoms with E-state index in [0.29, 0.717) is 23.8 Å². The minimum absolute atomic E-state index is 0.00367. The molecule has 1 aliphatic carbocycles. The van der Waals surface area contributed by atoms with Gasteiger partial charge in [-0.1, -0.05) is 0 Å². The van der Waals surface area contributed by atoms with Crippen molar-refractivity contribution < 1.29 is 14.0 Å². The molecule has 2 aliphatic heterocycles. The van der Waals surface area contributed by atoms with E-state index < -0.39 is 0 Å². The van der Waals surface area contributed by atoms with Gasteiger partial charge in [0.2, 0.25) is 5.91 Å². The monoisotopic (exact) mass is 399 g/mol. The summed E-state index contributed by atoms with van der Waals surface area (Å²) in [5.41, 5.74) is 1.19. The molecule has 3 aromatic heterocycles. The van der Waals surface area contributed by atoms with Gasteiger partial charge in [0.1, 0.15) is 12.3 Å². The summed E-state index contributed by atoms with van der Waals surface area (Å²) < 4.78 is 7.06. The molecule has 5 heterocycles. The molecule has 10 nitrogen and oxygen atoms in total. The van der Waals surface area contributed by atoms with E-state index in [1.807, 2.05) is 21.7 Å². The first kappa shape index (κ1) is 17.0. The number of nitrogens with zero attached hydrogens (tertiary/aromatic N) is 6. The van der Waals surface area contributed by atoms with Crippen LogP contribution in [0.5, 0.6) is 0 Å². The third-order valence-electron chi connectivity index (χ3n) is 5.55. The van der Waals surface area contributed by atoms with E-state index in [4.69, 9.17) is 4.42 Å². The quantitative estimate of drug-likeness (QED) is 0.673. The molecular weight excluding hydrogens is 382 g/mol. The maximum atomic E-state index is 12.9. The van der Waals surface area contributed by atoms with Gasteiger partial charge in [-0.15, -0.1) is 5.10 Å². The molecule has 3 aromatic rings. The zero-order valence-electron chi connectivity index (χ0n) is 15.0. The fourth-order valence-electron chi connectivity index (χ4n) is 4.20. The lowest BCUT2D eigenvalue weighted by Gasteiger charge is -2.35. The van der Waals surface area contributed by atoms with Crippen LogP contribution in [0.15, 0.2) is 27.6 Å². The van der Waals surface area contributed by atoms with Gasteiger partial charge in [-0.05, 0) is 34.2 Å². The van der Waals surface area contributed by atoms with Crippen LogP contribution in [0.1, 0.15) is 28.6 Å². The van der Waals surface area contributed by atoms with Crippen molar-refractivity contribution in [3.8, 4) is 11.4 Å². The van der Waals surface area contributed by atoms with Gasteiger partial charge in [-0.2, -0.15) is 11.3 Å². The maximum Gasteiger partial charge on any atom is 0.273 e. The average Bonchev–Trinajstić information content (AvgIpc) is 3.48. The summed E-state index contributed by atoms with van der Waals surface area (Å²) in [6.07, 6.45) is 2.19. The molecule has 3 atom stereocenters. The van der Waals surface area contributed by atoms with Crippen molar-refractivity contribution in [2.24, 2.45) is 5.92 Å². The lowest BCUT2D eigenvalue weighted by atomic mass is 9.72. The van der Waals surface area contributed by atoms with E-state index in [1.54, 1.807) is 18.4 Å². The van der Waals surface area contributed by atoms with Crippen molar-refractivity contribution in [3.63, 3.8) is 0 Å². The van der Waals surface area contributed by atoms with Crippen LogP contribution in [0.3, 0.4) is 0 Å². The van der Waals surface area contributed by atoms with E-state index in [1.165, 1.54) is 11.1 Å². The van der Waals surface area contributed by atoms with Crippen molar-refractivity contribution in [2.75, 3.05) is 13.6 Å². The van der Waals surface area contributed by atoms with E-state index in [-0.39, 0.29) is 36.2 Å². The predicted octanol–water partition coefficient (Wildman–Crippen LogP) is 0.764. The number of thiophene rings is 1. The van der Waals surface area contributed by atoms with Crippen molar-refractivity contribution in [1.29, 1.82) is 0 Å².